The summed E-state index contributed by atoms with van der Waals surface area (Å²) in [5, 5.41) is 3.76. The Balaban J connectivity index is 1.40. The lowest BCUT2D eigenvalue weighted by atomic mass is 10.0. The summed E-state index contributed by atoms with van der Waals surface area (Å²) in [6.45, 7) is 3.67. The molecule has 2 unspecified atom stereocenters. The van der Waals surface area contributed by atoms with Crippen LogP contribution in [0.3, 0.4) is 0 Å². The third kappa shape index (κ3) is 4.04. The number of carbonyl (C=O) groups excluding carboxylic acids is 1. The number of fused-ring (bicyclic) bond motifs is 1. The summed E-state index contributed by atoms with van der Waals surface area (Å²) >= 11 is 0. The summed E-state index contributed by atoms with van der Waals surface area (Å²) < 4.78 is 39.7. The molecule has 32 heavy (non-hydrogen) atoms. The number of halogens is 3. The van der Waals surface area contributed by atoms with Crippen molar-refractivity contribution in [1.29, 1.82) is 0 Å². The maximum Gasteiger partial charge on any atom is 0.391 e. The Morgan fingerprint density at radius 2 is 1.81 bits per heavy atom. The molecule has 5 heterocycles. The van der Waals surface area contributed by atoms with E-state index in [0.29, 0.717) is 44.2 Å². The Hall–Kier alpha value is -2.72. The molecule has 2 amide bonds. The van der Waals surface area contributed by atoms with Crippen molar-refractivity contribution in [3.8, 4) is 0 Å². The Morgan fingerprint density at radius 3 is 2.59 bits per heavy atom. The van der Waals surface area contributed by atoms with E-state index in [0.717, 1.165) is 30.6 Å². The molecule has 2 aromatic heterocycles. The van der Waals surface area contributed by atoms with Crippen molar-refractivity contribution in [1.82, 2.24) is 25.2 Å². The minimum absolute atomic E-state index is 0.0178. The number of alkyl halides is 3. The van der Waals surface area contributed by atoms with E-state index in [4.69, 9.17) is 4.98 Å². The predicted octanol–water partition coefficient (Wildman–Crippen LogP) is 3.12. The smallest absolute Gasteiger partial charge is 0.354 e. The van der Waals surface area contributed by atoms with Crippen molar-refractivity contribution in [2.45, 2.75) is 44.3 Å². The summed E-state index contributed by atoms with van der Waals surface area (Å²) in [7, 11) is 0. The second-order valence-electron chi connectivity index (χ2n) is 8.91. The molecule has 3 aliphatic heterocycles. The van der Waals surface area contributed by atoms with Crippen LogP contribution in [0.2, 0.25) is 0 Å². The van der Waals surface area contributed by atoms with E-state index in [1.807, 2.05) is 22.1 Å². The molecule has 0 bridgehead atoms. The van der Waals surface area contributed by atoms with Crippen LogP contribution in [0.5, 0.6) is 0 Å². The van der Waals surface area contributed by atoms with E-state index in [1.165, 1.54) is 0 Å². The summed E-state index contributed by atoms with van der Waals surface area (Å²) in [4.78, 5) is 30.7. The number of urea groups is 1. The van der Waals surface area contributed by atoms with Crippen molar-refractivity contribution >= 4 is 28.8 Å². The lowest BCUT2D eigenvalue weighted by molar-refractivity contribution is -0.176. The van der Waals surface area contributed by atoms with Gasteiger partial charge in [0.05, 0.1) is 17.3 Å². The number of aromatic amines is 1. The number of carbonyl (C=O) groups is 1. The van der Waals surface area contributed by atoms with Gasteiger partial charge in [-0.25, -0.2) is 4.79 Å². The van der Waals surface area contributed by atoms with Gasteiger partial charge in [-0.3, -0.25) is 0 Å². The van der Waals surface area contributed by atoms with Gasteiger partial charge in [-0.15, -0.1) is 0 Å². The maximum atomic E-state index is 13.2. The van der Waals surface area contributed by atoms with Crippen LogP contribution in [-0.2, 0) is 0 Å². The molecule has 0 spiro atoms. The molecule has 3 fully saturated rings. The van der Waals surface area contributed by atoms with Crippen molar-refractivity contribution in [2.75, 3.05) is 49.1 Å². The normalized spacial score (nSPS) is 25.3. The molecule has 0 saturated carbocycles. The summed E-state index contributed by atoms with van der Waals surface area (Å²) in [6, 6.07) is 2.03. The highest BCUT2D eigenvalue weighted by Gasteiger charge is 2.40. The highest BCUT2D eigenvalue weighted by Crippen LogP contribution is 2.35. The van der Waals surface area contributed by atoms with Crippen molar-refractivity contribution in [2.24, 2.45) is 5.92 Å². The lowest BCUT2D eigenvalue weighted by Gasteiger charge is -2.38. The fourth-order valence-corrected chi connectivity index (χ4v) is 5.16. The first kappa shape index (κ1) is 21.1. The zero-order valence-corrected chi connectivity index (χ0v) is 17.9. The molecule has 3 aliphatic rings. The molecule has 0 radical (unpaired) electrons. The first-order valence-electron chi connectivity index (χ1n) is 11.4. The van der Waals surface area contributed by atoms with Gasteiger partial charge >= 0.3 is 12.2 Å². The fraction of sp³-hybridized carbons (Fsp3) is 0.667. The molecule has 11 heteroatoms. The number of anilines is 2. The maximum absolute atomic E-state index is 13.2. The summed E-state index contributed by atoms with van der Waals surface area (Å²) in [5.74, 6) is -0.0124. The lowest BCUT2D eigenvalue weighted by Crippen LogP contribution is -2.49. The van der Waals surface area contributed by atoms with Gasteiger partial charge in [-0.05, 0) is 38.2 Å². The van der Waals surface area contributed by atoms with Crippen LogP contribution in [0.25, 0.3) is 11.0 Å². The minimum atomic E-state index is -4.16. The Morgan fingerprint density at radius 1 is 1.00 bits per heavy atom. The van der Waals surface area contributed by atoms with Crippen LogP contribution in [-0.4, -0.2) is 77.4 Å². The molecule has 0 aromatic carbocycles. The number of H-pyrrole nitrogens is 1. The average Bonchev–Trinajstić information content (AvgIpc) is 3.34. The Labute approximate surface area is 184 Å². The first-order valence-corrected chi connectivity index (χ1v) is 11.4. The molecule has 2 aromatic rings. The molecule has 174 valence electrons. The summed E-state index contributed by atoms with van der Waals surface area (Å²) in [6.07, 6.45) is 0.200. The van der Waals surface area contributed by atoms with Gasteiger partial charge in [-0.2, -0.15) is 23.1 Å². The van der Waals surface area contributed by atoms with Crippen molar-refractivity contribution < 1.29 is 18.0 Å². The molecule has 0 aliphatic carbocycles. The van der Waals surface area contributed by atoms with Crippen LogP contribution in [0, 0.1) is 5.92 Å². The minimum Gasteiger partial charge on any atom is -0.354 e. The monoisotopic (exact) mass is 451 g/mol. The molecular weight excluding hydrogens is 423 g/mol. The molecular formula is C21H28F3N7O. The number of nitrogens with zero attached hydrogens (tertiary/aromatic N) is 5. The number of hydrogen-bond acceptors (Lipinski definition) is 5. The third-order valence-corrected chi connectivity index (χ3v) is 6.88. The van der Waals surface area contributed by atoms with Crippen LogP contribution < -0.4 is 15.1 Å². The standard InChI is InChI=1S/C21H28F3N7O/c22-21(23,24)14-3-1-9-29(11-6-14)19-27-17-16(5-7-25-17)18(28-19)30-10-2-4-15(13-30)31-12-8-26-20(31)32/h5,7,14-15H,1-4,6,8-13H2,(H,26,32)(H,25,27,28). The van der Waals surface area contributed by atoms with Crippen molar-refractivity contribution in [3.63, 3.8) is 0 Å². The van der Waals surface area contributed by atoms with E-state index in [-0.39, 0.29) is 31.5 Å². The number of hydrogen-bond donors (Lipinski definition) is 2. The van der Waals surface area contributed by atoms with Crippen LogP contribution in [0.1, 0.15) is 32.1 Å². The number of nitrogens with one attached hydrogen (secondary N) is 2. The average molecular weight is 451 g/mol. The second kappa shape index (κ2) is 8.32. The van der Waals surface area contributed by atoms with Gasteiger partial charge in [0.2, 0.25) is 5.95 Å². The molecule has 8 nitrogen and oxygen atoms in total. The largest absolute Gasteiger partial charge is 0.391 e. The van der Waals surface area contributed by atoms with Gasteiger partial charge < -0.3 is 25.0 Å². The number of amides is 2. The SMILES string of the molecule is O=C1NCCN1C1CCCN(c2nc(N3CCCC(C(F)(F)F)CC3)nc3[nH]ccc23)C1. The number of piperidine rings is 1. The van der Waals surface area contributed by atoms with Crippen molar-refractivity contribution in [3.05, 3.63) is 12.3 Å². The second-order valence-corrected chi connectivity index (χ2v) is 8.91. The van der Waals surface area contributed by atoms with Gasteiger partial charge in [-0.1, -0.05) is 0 Å². The first-order chi connectivity index (χ1) is 15.4. The van der Waals surface area contributed by atoms with E-state index >= 15 is 0 Å². The zero-order chi connectivity index (χ0) is 22.3. The fourth-order valence-electron chi connectivity index (χ4n) is 5.16. The summed E-state index contributed by atoms with van der Waals surface area (Å²) in [5.41, 5.74) is 0.683. The molecule has 5 rings (SSSR count). The highest BCUT2D eigenvalue weighted by atomic mass is 19.4. The topological polar surface area (TPSA) is 80.4 Å². The van der Waals surface area contributed by atoms with Gasteiger partial charge in [0, 0.05) is 45.5 Å². The zero-order valence-electron chi connectivity index (χ0n) is 17.9. The predicted molar refractivity (Wildman–Crippen MR) is 115 cm³/mol. The van der Waals surface area contributed by atoms with E-state index in [1.54, 1.807) is 0 Å². The number of aromatic nitrogens is 3. The van der Waals surface area contributed by atoms with Crippen LogP contribution >= 0.6 is 0 Å². The molecule has 2 atom stereocenters. The van der Waals surface area contributed by atoms with E-state index < -0.39 is 12.1 Å². The van der Waals surface area contributed by atoms with Gasteiger partial charge in [0.25, 0.3) is 0 Å². The third-order valence-electron chi connectivity index (χ3n) is 6.88. The molecule has 2 N–H and O–H groups in total. The van der Waals surface area contributed by atoms with Gasteiger partial charge in [0.1, 0.15) is 11.5 Å². The van der Waals surface area contributed by atoms with Gasteiger partial charge in [0.15, 0.2) is 0 Å². The highest BCUT2D eigenvalue weighted by molar-refractivity contribution is 5.89. The van der Waals surface area contributed by atoms with Crippen LogP contribution in [0.4, 0.5) is 29.7 Å². The molecule has 3 saturated heterocycles. The quantitative estimate of drug-likeness (QED) is 0.750. The van der Waals surface area contributed by atoms with E-state index in [2.05, 4.69) is 20.2 Å². The Bertz CT molecular complexity index is 978. The van der Waals surface area contributed by atoms with Crippen LogP contribution in [0.15, 0.2) is 12.3 Å². The number of rotatable bonds is 3. The van der Waals surface area contributed by atoms with E-state index in [9.17, 15) is 18.0 Å². The Kier molecular flexibility index (Phi) is 5.50.